The molecule has 6 rings (SSSR count). The third kappa shape index (κ3) is 3.68. The summed E-state index contributed by atoms with van der Waals surface area (Å²) in [6, 6.07) is 28.9. The summed E-state index contributed by atoms with van der Waals surface area (Å²) in [6.45, 7) is 0. The molecule has 0 aliphatic heterocycles. The minimum atomic E-state index is -0.251. The minimum Gasteiger partial charge on any atom is -0.454 e. The molecule has 3 aromatic heterocycles. The summed E-state index contributed by atoms with van der Waals surface area (Å²) in [5.41, 5.74) is 3.72. The van der Waals surface area contributed by atoms with Gasteiger partial charge in [-0.3, -0.25) is 4.79 Å². The first-order chi connectivity index (χ1) is 16.7. The number of allylic oxidation sites excluding steroid dienone is 1. The first kappa shape index (κ1) is 20.4. The maximum Gasteiger partial charge on any atom is 0.235 e. The van der Waals surface area contributed by atoms with Gasteiger partial charge in [0, 0.05) is 22.5 Å². The molecule has 0 aliphatic carbocycles. The van der Waals surface area contributed by atoms with Crippen molar-refractivity contribution in [2.75, 3.05) is 0 Å². The largest absolute Gasteiger partial charge is 0.454 e. The van der Waals surface area contributed by atoms with E-state index in [4.69, 9.17) is 13.9 Å². The number of hydrogen-bond donors (Lipinski definition) is 0. The second-order valence-electron chi connectivity index (χ2n) is 7.83. The summed E-state index contributed by atoms with van der Waals surface area (Å²) in [7, 11) is 0. The van der Waals surface area contributed by atoms with Crippen molar-refractivity contribution in [3.8, 4) is 17.1 Å². The zero-order valence-electron chi connectivity index (χ0n) is 17.8. The first-order valence-corrected chi connectivity index (χ1v) is 11.5. The lowest BCUT2D eigenvalue weighted by Gasteiger charge is -1.98. The molecule has 0 bridgehead atoms. The minimum absolute atomic E-state index is 0.251. The molecule has 0 atom stereocenters. The van der Waals surface area contributed by atoms with Gasteiger partial charge in [-0.15, -0.1) is 0 Å². The number of Topliss-reactive ketones (excluding diaryl/α,β-unsaturated/α-hetero) is 1. The highest BCUT2D eigenvalue weighted by atomic mass is 79.9. The third-order valence-electron chi connectivity index (χ3n) is 5.57. The van der Waals surface area contributed by atoms with E-state index >= 15 is 0 Å². The molecule has 6 heteroatoms. The smallest absolute Gasteiger partial charge is 0.235 e. The van der Waals surface area contributed by atoms with Crippen molar-refractivity contribution in [3.05, 3.63) is 113 Å². The van der Waals surface area contributed by atoms with Gasteiger partial charge in [0.2, 0.25) is 5.78 Å². The van der Waals surface area contributed by atoms with Crippen LogP contribution in [0.1, 0.15) is 16.1 Å². The van der Waals surface area contributed by atoms with Gasteiger partial charge in [-0.25, -0.2) is 4.68 Å². The number of carbonyl (C=O) groups is 1. The predicted octanol–water partition coefficient (Wildman–Crippen LogP) is 7.65. The van der Waals surface area contributed by atoms with Crippen LogP contribution in [0.3, 0.4) is 0 Å². The van der Waals surface area contributed by atoms with E-state index in [0.717, 1.165) is 27.6 Å². The SMILES string of the molecule is O=C(/C(Br)=C/c1cn(-c2ccccc2)nc1-c1cc2ccccc2o1)c1cc2ccccc2o1. The van der Waals surface area contributed by atoms with Gasteiger partial charge < -0.3 is 8.83 Å². The first-order valence-electron chi connectivity index (χ1n) is 10.7. The standard InChI is InChI=1S/C28H17BrN2O3/c29-22(28(32)26-16-19-9-5-7-13-24(19)34-26)14-20-17-31(21-10-2-1-3-11-21)30-27(20)25-15-18-8-4-6-12-23(18)33-25/h1-17H/b22-14-. The Morgan fingerprint density at radius 3 is 2.18 bits per heavy atom. The van der Waals surface area contributed by atoms with E-state index in [9.17, 15) is 4.79 Å². The highest BCUT2D eigenvalue weighted by Crippen LogP contribution is 2.32. The molecular formula is C28H17BrN2O3. The topological polar surface area (TPSA) is 61.2 Å². The maximum atomic E-state index is 13.1. The van der Waals surface area contributed by atoms with E-state index in [1.807, 2.05) is 91.1 Å². The zero-order chi connectivity index (χ0) is 23.1. The molecule has 0 fully saturated rings. The molecular weight excluding hydrogens is 492 g/mol. The Morgan fingerprint density at radius 1 is 0.824 bits per heavy atom. The van der Waals surface area contributed by atoms with Crippen LogP contribution in [-0.2, 0) is 0 Å². The molecule has 34 heavy (non-hydrogen) atoms. The van der Waals surface area contributed by atoms with Crippen molar-refractivity contribution < 1.29 is 13.6 Å². The van der Waals surface area contributed by atoms with Crippen LogP contribution in [0.25, 0.3) is 45.2 Å². The number of benzene rings is 3. The summed E-state index contributed by atoms with van der Waals surface area (Å²) < 4.78 is 14.0. The molecule has 3 aromatic carbocycles. The lowest BCUT2D eigenvalue weighted by Crippen LogP contribution is -1.96. The van der Waals surface area contributed by atoms with Crippen LogP contribution < -0.4 is 0 Å². The van der Waals surface area contributed by atoms with Crippen molar-refractivity contribution in [2.45, 2.75) is 0 Å². The fourth-order valence-corrected chi connectivity index (χ4v) is 4.35. The van der Waals surface area contributed by atoms with Crippen molar-refractivity contribution in [1.82, 2.24) is 9.78 Å². The van der Waals surface area contributed by atoms with Gasteiger partial charge in [-0.05, 0) is 58.4 Å². The molecule has 0 aliphatic rings. The highest BCUT2D eigenvalue weighted by Gasteiger charge is 2.19. The summed E-state index contributed by atoms with van der Waals surface area (Å²) in [4.78, 5) is 13.1. The highest BCUT2D eigenvalue weighted by molar-refractivity contribution is 9.12. The number of carbonyl (C=O) groups excluding carboxylic acids is 1. The lowest BCUT2D eigenvalue weighted by atomic mass is 10.1. The second kappa shape index (κ2) is 8.32. The van der Waals surface area contributed by atoms with Gasteiger partial charge in [0.05, 0.1) is 10.2 Å². The summed E-state index contributed by atoms with van der Waals surface area (Å²) in [5.74, 6) is 0.642. The van der Waals surface area contributed by atoms with Gasteiger partial charge in [0.25, 0.3) is 0 Å². The monoisotopic (exact) mass is 508 g/mol. The number of rotatable bonds is 5. The molecule has 5 nitrogen and oxygen atoms in total. The summed E-state index contributed by atoms with van der Waals surface area (Å²) in [6.07, 6.45) is 3.63. The van der Waals surface area contributed by atoms with Crippen LogP contribution in [0.4, 0.5) is 0 Å². The Bertz CT molecular complexity index is 1620. The number of ketones is 1. The van der Waals surface area contributed by atoms with Gasteiger partial charge in [-0.1, -0.05) is 54.6 Å². The van der Waals surface area contributed by atoms with Crippen LogP contribution in [-0.4, -0.2) is 15.6 Å². The van der Waals surface area contributed by atoms with Gasteiger partial charge >= 0.3 is 0 Å². The van der Waals surface area contributed by atoms with Crippen LogP contribution in [0.2, 0.25) is 0 Å². The molecule has 0 radical (unpaired) electrons. The van der Waals surface area contributed by atoms with Crippen molar-refractivity contribution in [2.24, 2.45) is 0 Å². The Hall–Kier alpha value is -4.16. The van der Waals surface area contributed by atoms with Gasteiger partial charge in [-0.2, -0.15) is 5.10 Å². The van der Waals surface area contributed by atoms with E-state index in [1.54, 1.807) is 16.8 Å². The molecule has 164 valence electrons. The molecule has 0 saturated heterocycles. The van der Waals surface area contributed by atoms with E-state index in [1.165, 1.54) is 0 Å². The Labute approximate surface area is 203 Å². The Kier molecular flexibility index (Phi) is 5.00. The quantitative estimate of drug-likeness (QED) is 0.177. The van der Waals surface area contributed by atoms with Gasteiger partial charge in [0.1, 0.15) is 16.9 Å². The third-order valence-corrected chi connectivity index (χ3v) is 6.16. The molecule has 3 heterocycles. The fraction of sp³-hybridized carbons (Fsp3) is 0. The van der Waals surface area contributed by atoms with E-state index in [2.05, 4.69) is 15.9 Å². The predicted molar refractivity (Wildman–Crippen MR) is 136 cm³/mol. The maximum absolute atomic E-state index is 13.1. The second-order valence-corrected chi connectivity index (χ2v) is 8.69. The Balaban J connectivity index is 1.45. The van der Waals surface area contributed by atoms with Gasteiger partial charge in [0.15, 0.2) is 11.5 Å². The van der Waals surface area contributed by atoms with E-state index < -0.39 is 0 Å². The number of nitrogens with zero attached hydrogens (tertiary/aromatic N) is 2. The number of fused-ring (bicyclic) bond motifs is 2. The molecule has 0 saturated carbocycles. The van der Waals surface area contributed by atoms with Crippen LogP contribution in [0.15, 0.2) is 111 Å². The van der Waals surface area contributed by atoms with Crippen LogP contribution in [0.5, 0.6) is 0 Å². The Morgan fingerprint density at radius 2 is 1.47 bits per heavy atom. The molecule has 0 unspecified atom stereocenters. The van der Waals surface area contributed by atoms with Crippen molar-refractivity contribution in [3.63, 3.8) is 0 Å². The fourth-order valence-electron chi connectivity index (χ4n) is 3.91. The molecule has 0 amide bonds. The summed E-state index contributed by atoms with van der Waals surface area (Å²) >= 11 is 3.46. The lowest BCUT2D eigenvalue weighted by molar-refractivity contribution is 0.102. The van der Waals surface area contributed by atoms with Crippen molar-refractivity contribution >= 4 is 49.7 Å². The molecule has 0 N–H and O–H groups in total. The number of aromatic nitrogens is 2. The number of halogens is 1. The van der Waals surface area contributed by atoms with Crippen LogP contribution in [0, 0.1) is 0 Å². The number of hydrogen-bond acceptors (Lipinski definition) is 4. The number of para-hydroxylation sites is 3. The average molecular weight is 509 g/mol. The summed E-state index contributed by atoms with van der Waals surface area (Å²) in [5, 5.41) is 6.65. The zero-order valence-corrected chi connectivity index (χ0v) is 19.4. The molecule has 0 spiro atoms. The van der Waals surface area contributed by atoms with Crippen LogP contribution >= 0.6 is 15.9 Å². The number of furan rings is 2. The van der Waals surface area contributed by atoms with E-state index in [0.29, 0.717) is 21.5 Å². The normalized spacial score (nSPS) is 12.0. The average Bonchev–Trinajstić information content (AvgIpc) is 3.60. The molecule has 6 aromatic rings. The van der Waals surface area contributed by atoms with E-state index in [-0.39, 0.29) is 11.5 Å². The van der Waals surface area contributed by atoms with Crippen molar-refractivity contribution in [1.29, 1.82) is 0 Å².